The molecule has 0 aliphatic heterocycles. The number of amides is 1. The summed E-state index contributed by atoms with van der Waals surface area (Å²) in [5.41, 5.74) is 5.30. The Morgan fingerprint density at radius 2 is 2.05 bits per heavy atom. The van der Waals surface area contributed by atoms with Gasteiger partial charge in [-0.05, 0) is 31.0 Å². The molecule has 6 heteroatoms. The highest BCUT2D eigenvalue weighted by atomic mass is 35.5. The lowest BCUT2D eigenvalue weighted by Crippen LogP contribution is -2.44. The van der Waals surface area contributed by atoms with Crippen LogP contribution in [-0.4, -0.2) is 10.9 Å². The van der Waals surface area contributed by atoms with Crippen LogP contribution in [0.5, 0.6) is 0 Å². The quantitative estimate of drug-likeness (QED) is 0.842. The van der Waals surface area contributed by atoms with Gasteiger partial charge in [-0.25, -0.2) is 4.39 Å². The third kappa shape index (κ3) is 2.72. The highest BCUT2D eigenvalue weighted by Crippen LogP contribution is 2.40. The van der Waals surface area contributed by atoms with Crippen molar-refractivity contribution in [2.24, 2.45) is 11.1 Å². The Labute approximate surface area is 121 Å². The Morgan fingerprint density at radius 3 is 2.58 bits per heavy atom. The van der Waals surface area contributed by atoms with Crippen molar-refractivity contribution in [1.82, 2.24) is 0 Å². The van der Waals surface area contributed by atoms with Crippen molar-refractivity contribution < 1.29 is 9.18 Å². The Kier molecular flexibility index (Phi) is 4.06. The molecule has 0 bridgehead atoms. The first-order valence-corrected chi connectivity index (χ1v) is 6.81. The van der Waals surface area contributed by atoms with Crippen LogP contribution < -0.4 is 11.1 Å². The number of benzene rings is 1. The predicted molar refractivity (Wildman–Crippen MR) is 77.7 cm³/mol. The number of hydrogen-bond donors (Lipinski definition) is 2. The van der Waals surface area contributed by atoms with E-state index in [9.17, 15) is 9.18 Å². The van der Waals surface area contributed by atoms with E-state index in [4.69, 9.17) is 29.6 Å². The van der Waals surface area contributed by atoms with Crippen molar-refractivity contribution in [2.75, 3.05) is 5.32 Å². The molecule has 0 unspecified atom stereocenters. The molecule has 0 spiro atoms. The molecule has 0 saturated heterocycles. The van der Waals surface area contributed by atoms with Crippen LogP contribution in [0.25, 0.3) is 0 Å². The minimum Gasteiger partial charge on any atom is -0.392 e. The third-order valence-corrected chi connectivity index (χ3v) is 4.25. The Bertz CT molecular complexity index is 529. The van der Waals surface area contributed by atoms with Crippen molar-refractivity contribution in [3.05, 3.63) is 29.0 Å². The van der Waals surface area contributed by atoms with E-state index in [1.165, 1.54) is 12.1 Å². The number of hydrogen-bond acceptors (Lipinski definition) is 2. The van der Waals surface area contributed by atoms with Gasteiger partial charge in [0.25, 0.3) is 0 Å². The summed E-state index contributed by atoms with van der Waals surface area (Å²) in [5, 5.41) is 2.85. The van der Waals surface area contributed by atoms with Crippen molar-refractivity contribution in [2.45, 2.75) is 25.7 Å². The lowest BCUT2D eigenvalue weighted by Gasteiger charge is -2.26. The Morgan fingerprint density at radius 1 is 1.42 bits per heavy atom. The van der Waals surface area contributed by atoms with Crippen LogP contribution in [0.2, 0.25) is 5.02 Å². The highest BCUT2D eigenvalue weighted by Gasteiger charge is 2.44. The fourth-order valence-corrected chi connectivity index (χ4v) is 2.91. The van der Waals surface area contributed by atoms with Crippen LogP contribution in [-0.2, 0) is 4.79 Å². The molecule has 0 aromatic heterocycles. The topological polar surface area (TPSA) is 55.1 Å². The summed E-state index contributed by atoms with van der Waals surface area (Å²) in [6, 6.07) is 3.82. The zero-order chi connectivity index (χ0) is 14.0. The van der Waals surface area contributed by atoms with Crippen molar-refractivity contribution in [3.8, 4) is 0 Å². The van der Waals surface area contributed by atoms with Gasteiger partial charge in [0.1, 0.15) is 5.82 Å². The number of rotatable bonds is 3. The number of thiocarbonyl (C=S) groups is 1. The average molecular weight is 301 g/mol. The maximum atomic E-state index is 13.0. The Balaban J connectivity index is 2.22. The molecule has 2 rings (SSSR count). The van der Waals surface area contributed by atoms with E-state index in [1.807, 2.05) is 0 Å². The molecule has 1 amide bonds. The number of carbonyl (C=O) groups excluding carboxylic acids is 1. The van der Waals surface area contributed by atoms with Crippen LogP contribution in [0.3, 0.4) is 0 Å². The molecule has 19 heavy (non-hydrogen) atoms. The first-order chi connectivity index (χ1) is 8.95. The van der Waals surface area contributed by atoms with Crippen molar-refractivity contribution in [1.29, 1.82) is 0 Å². The maximum absolute atomic E-state index is 13.0. The lowest BCUT2D eigenvalue weighted by molar-refractivity contribution is -0.122. The smallest absolute Gasteiger partial charge is 0.237 e. The zero-order valence-corrected chi connectivity index (χ0v) is 11.8. The van der Waals surface area contributed by atoms with Crippen LogP contribution in [0, 0.1) is 11.2 Å². The molecule has 1 aliphatic carbocycles. The zero-order valence-electron chi connectivity index (χ0n) is 10.2. The average Bonchev–Trinajstić information content (AvgIpc) is 2.83. The van der Waals surface area contributed by atoms with E-state index in [1.54, 1.807) is 0 Å². The number of nitrogens with one attached hydrogen (secondary N) is 1. The lowest BCUT2D eigenvalue weighted by atomic mass is 9.85. The molecule has 0 radical (unpaired) electrons. The molecule has 3 nitrogen and oxygen atoms in total. The summed E-state index contributed by atoms with van der Waals surface area (Å²) in [6.45, 7) is 0. The summed E-state index contributed by atoms with van der Waals surface area (Å²) in [6.07, 6.45) is 3.13. The minimum absolute atomic E-state index is 0.157. The van der Waals surface area contributed by atoms with Gasteiger partial charge in [0.05, 0.1) is 21.1 Å². The van der Waals surface area contributed by atoms with Gasteiger partial charge in [-0.3, -0.25) is 4.79 Å². The highest BCUT2D eigenvalue weighted by molar-refractivity contribution is 7.80. The third-order valence-electron chi connectivity index (χ3n) is 3.54. The monoisotopic (exact) mass is 300 g/mol. The second kappa shape index (κ2) is 5.43. The van der Waals surface area contributed by atoms with Crippen molar-refractivity contribution in [3.63, 3.8) is 0 Å². The standard InChI is InChI=1S/C13H14ClFN2OS/c14-9-7-8(15)3-4-10(9)17-12(18)13(11(16)19)5-1-2-6-13/h3-4,7H,1-2,5-6H2,(H2,16,19)(H,17,18). The first kappa shape index (κ1) is 14.2. The summed E-state index contributed by atoms with van der Waals surface area (Å²) >= 11 is 10.9. The second-order valence-electron chi connectivity index (χ2n) is 4.73. The van der Waals surface area contributed by atoms with Gasteiger partial charge < -0.3 is 11.1 Å². The Hall–Kier alpha value is -1.20. The minimum atomic E-state index is -0.799. The van der Waals surface area contributed by atoms with E-state index in [-0.39, 0.29) is 15.9 Å². The van der Waals surface area contributed by atoms with E-state index < -0.39 is 11.2 Å². The van der Waals surface area contributed by atoms with Gasteiger partial charge in [-0.2, -0.15) is 0 Å². The first-order valence-electron chi connectivity index (χ1n) is 6.02. The molecule has 1 saturated carbocycles. The maximum Gasteiger partial charge on any atom is 0.237 e. The van der Waals surface area contributed by atoms with Gasteiger partial charge >= 0.3 is 0 Å². The molecule has 0 heterocycles. The number of halogens is 2. The van der Waals surface area contributed by atoms with Gasteiger partial charge in [0.15, 0.2) is 0 Å². The normalized spacial score (nSPS) is 17.2. The number of anilines is 1. The van der Waals surface area contributed by atoms with Crippen LogP contribution in [0.1, 0.15) is 25.7 Å². The number of nitrogens with two attached hydrogens (primary N) is 1. The van der Waals surface area contributed by atoms with E-state index >= 15 is 0 Å². The van der Waals surface area contributed by atoms with E-state index in [0.29, 0.717) is 18.5 Å². The summed E-state index contributed by atoms with van der Waals surface area (Å²) in [4.78, 5) is 12.6. The largest absolute Gasteiger partial charge is 0.392 e. The summed E-state index contributed by atoms with van der Waals surface area (Å²) in [7, 11) is 0. The molecule has 102 valence electrons. The SMILES string of the molecule is NC(=S)C1(C(=O)Nc2ccc(F)cc2Cl)CCCC1. The van der Waals surface area contributed by atoms with E-state index in [2.05, 4.69) is 5.32 Å². The predicted octanol–water partition coefficient (Wildman–Crippen LogP) is 3.26. The van der Waals surface area contributed by atoms with Crippen LogP contribution in [0.15, 0.2) is 18.2 Å². The summed E-state index contributed by atoms with van der Waals surface area (Å²) < 4.78 is 13.0. The fourth-order valence-electron chi connectivity index (χ4n) is 2.40. The molecular formula is C13H14ClFN2OS. The van der Waals surface area contributed by atoms with Gasteiger partial charge in [-0.1, -0.05) is 36.7 Å². The summed E-state index contributed by atoms with van der Waals surface area (Å²) in [5.74, 6) is -0.709. The second-order valence-corrected chi connectivity index (χ2v) is 5.58. The molecule has 1 aliphatic rings. The number of carbonyl (C=O) groups is 1. The van der Waals surface area contributed by atoms with Gasteiger partial charge in [0, 0.05) is 0 Å². The molecule has 0 atom stereocenters. The molecule has 1 aromatic rings. The van der Waals surface area contributed by atoms with Gasteiger partial charge in [-0.15, -0.1) is 0 Å². The van der Waals surface area contributed by atoms with Crippen LogP contribution in [0.4, 0.5) is 10.1 Å². The van der Waals surface area contributed by atoms with E-state index in [0.717, 1.165) is 18.9 Å². The molecule has 1 aromatic carbocycles. The fraction of sp³-hybridized carbons (Fsp3) is 0.385. The van der Waals surface area contributed by atoms with Gasteiger partial charge in [0.2, 0.25) is 5.91 Å². The molecule has 3 N–H and O–H groups in total. The van der Waals surface area contributed by atoms with Crippen molar-refractivity contribution >= 4 is 40.4 Å². The molecular weight excluding hydrogens is 287 g/mol. The van der Waals surface area contributed by atoms with Crippen LogP contribution >= 0.6 is 23.8 Å². The molecule has 1 fully saturated rings.